The summed E-state index contributed by atoms with van der Waals surface area (Å²) >= 11 is 0. The van der Waals surface area contributed by atoms with Crippen LogP contribution in [0.3, 0.4) is 0 Å². The van der Waals surface area contributed by atoms with Crippen molar-refractivity contribution in [1.82, 2.24) is 10.2 Å². The molecule has 7 heteroatoms. The lowest BCUT2D eigenvalue weighted by Crippen LogP contribution is -2.34. The molecule has 1 N–H and O–H groups in total. The average Bonchev–Trinajstić information content (AvgIpc) is 2.75. The number of likely N-dealkylation sites (tertiary alicyclic amines) is 1. The zero-order valence-electron chi connectivity index (χ0n) is 14.0. The molecule has 1 aliphatic heterocycles. The minimum atomic E-state index is -3.45. The van der Waals surface area contributed by atoms with Crippen molar-refractivity contribution in [2.75, 3.05) is 25.9 Å². The van der Waals surface area contributed by atoms with Gasteiger partial charge in [0, 0.05) is 32.3 Å². The third kappa shape index (κ3) is 5.06. The molecule has 0 unspecified atom stereocenters. The molecule has 1 aliphatic rings. The number of carbonyl (C=O) groups is 2. The van der Waals surface area contributed by atoms with Crippen LogP contribution in [0.15, 0.2) is 29.2 Å². The lowest BCUT2D eigenvalue weighted by Gasteiger charge is -2.20. The molecule has 0 spiro atoms. The molecule has 24 heavy (non-hydrogen) atoms. The second kappa shape index (κ2) is 8.28. The van der Waals surface area contributed by atoms with E-state index in [0.717, 1.165) is 32.1 Å². The minimum Gasteiger partial charge on any atom is -0.352 e. The molecule has 0 saturated carbocycles. The van der Waals surface area contributed by atoms with E-state index in [1.165, 1.54) is 12.1 Å². The molecule has 1 saturated heterocycles. The van der Waals surface area contributed by atoms with Gasteiger partial charge in [0.15, 0.2) is 9.84 Å². The number of rotatable bonds is 6. The summed E-state index contributed by atoms with van der Waals surface area (Å²) < 4.78 is 23.5. The fourth-order valence-corrected chi connectivity index (χ4v) is 3.71. The van der Waals surface area contributed by atoms with Gasteiger partial charge >= 0.3 is 0 Å². The largest absolute Gasteiger partial charge is 0.352 e. The summed E-state index contributed by atoms with van der Waals surface area (Å²) in [6, 6.07) is 6.17. The smallest absolute Gasteiger partial charge is 0.252 e. The minimum absolute atomic E-state index is 0.0326. The molecule has 0 radical (unpaired) electrons. The van der Waals surface area contributed by atoms with Crippen molar-refractivity contribution < 1.29 is 18.0 Å². The summed E-state index contributed by atoms with van der Waals surface area (Å²) in [4.78, 5) is 26.0. The summed E-state index contributed by atoms with van der Waals surface area (Å²) in [7, 11) is -3.45. The van der Waals surface area contributed by atoms with Crippen LogP contribution in [0.25, 0.3) is 0 Å². The number of nitrogens with zero attached hydrogens (tertiary/aromatic N) is 1. The van der Waals surface area contributed by atoms with Crippen LogP contribution in [0.1, 0.15) is 42.5 Å². The maximum Gasteiger partial charge on any atom is 0.252 e. The van der Waals surface area contributed by atoms with E-state index in [1.54, 1.807) is 12.1 Å². The lowest BCUT2D eigenvalue weighted by molar-refractivity contribution is -0.130. The summed E-state index contributed by atoms with van der Waals surface area (Å²) in [6.07, 6.45) is 5.41. The topological polar surface area (TPSA) is 83.6 Å². The third-order valence-electron chi connectivity index (χ3n) is 4.09. The number of nitrogens with one attached hydrogen (secondary N) is 1. The van der Waals surface area contributed by atoms with E-state index in [1.807, 2.05) is 4.90 Å². The van der Waals surface area contributed by atoms with Crippen molar-refractivity contribution in [3.05, 3.63) is 29.8 Å². The lowest BCUT2D eigenvalue weighted by atomic mass is 10.2. The van der Waals surface area contributed by atoms with Gasteiger partial charge in [-0.2, -0.15) is 0 Å². The van der Waals surface area contributed by atoms with Crippen LogP contribution in [0.5, 0.6) is 0 Å². The van der Waals surface area contributed by atoms with Crippen LogP contribution in [0, 0.1) is 0 Å². The zero-order valence-corrected chi connectivity index (χ0v) is 14.8. The van der Waals surface area contributed by atoms with Gasteiger partial charge in [0.2, 0.25) is 5.91 Å². The highest BCUT2D eigenvalue weighted by Crippen LogP contribution is 2.15. The summed E-state index contributed by atoms with van der Waals surface area (Å²) in [6.45, 7) is 1.80. The Labute approximate surface area is 143 Å². The van der Waals surface area contributed by atoms with Crippen molar-refractivity contribution in [1.29, 1.82) is 0 Å². The molecule has 0 atom stereocenters. The maximum atomic E-state index is 12.2. The fourth-order valence-electron chi connectivity index (χ4n) is 2.82. The Balaban J connectivity index is 1.87. The number of carbonyl (C=O) groups excluding carboxylic acids is 2. The Morgan fingerprint density at radius 2 is 1.96 bits per heavy atom. The summed E-state index contributed by atoms with van der Waals surface area (Å²) in [5.74, 6) is -0.223. The molecule has 0 aliphatic carbocycles. The number of sulfone groups is 1. The van der Waals surface area contributed by atoms with Crippen molar-refractivity contribution >= 4 is 21.7 Å². The highest BCUT2D eigenvalue weighted by Gasteiger charge is 2.18. The Morgan fingerprint density at radius 1 is 1.21 bits per heavy atom. The summed E-state index contributed by atoms with van der Waals surface area (Å²) in [5.41, 5.74) is 0.158. The molecule has 1 fully saturated rings. The average molecular weight is 352 g/mol. The van der Waals surface area contributed by atoms with Crippen LogP contribution >= 0.6 is 0 Å². The van der Waals surface area contributed by atoms with Crippen molar-refractivity contribution in [3.8, 4) is 0 Å². The molecular weight excluding hydrogens is 328 g/mol. The van der Waals surface area contributed by atoms with Crippen molar-refractivity contribution in [2.24, 2.45) is 0 Å². The molecule has 2 rings (SSSR count). The van der Waals surface area contributed by atoms with Crippen LogP contribution in [-0.2, 0) is 14.6 Å². The van der Waals surface area contributed by atoms with E-state index in [4.69, 9.17) is 0 Å². The van der Waals surface area contributed by atoms with Gasteiger partial charge in [-0.1, -0.05) is 18.6 Å². The molecule has 132 valence electrons. The first kappa shape index (κ1) is 18.4. The second-order valence-electron chi connectivity index (χ2n) is 6.07. The van der Waals surface area contributed by atoms with E-state index in [-0.39, 0.29) is 16.4 Å². The van der Waals surface area contributed by atoms with Gasteiger partial charge in [0.1, 0.15) is 0 Å². The molecule has 2 amide bonds. The predicted octanol–water partition coefficient (Wildman–Crippen LogP) is 1.61. The van der Waals surface area contributed by atoms with Crippen LogP contribution in [0.4, 0.5) is 0 Å². The number of amides is 2. The molecule has 6 nitrogen and oxygen atoms in total. The third-order valence-corrected chi connectivity index (χ3v) is 5.25. The maximum absolute atomic E-state index is 12.2. The van der Waals surface area contributed by atoms with Gasteiger partial charge in [-0.3, -0.25) is 9.59 Å². The van der Waals surface area contributed by atoms with Gasteiger partial charge < -0.3 is 10.2 Å². The molecule has 0 aromatic heterocycles. The molecule has 0 bridgehead atoms. The van der Waals surface area contributed by atoms with Crippen molar-refractivity contribution in [2.45, 2.75) is 37.0 Å². The monoisotopic (exact) mass is 352 g/mol. The fraction of sp³-hybridized carbons (Fsp3) is 0.529. The first-order chi connectivity index (χ1) is 11.4. The van der Waals surface area contributed by atoms with Gasteiger partial charge in [-0.05, 0) is 31.4 Å². The molecule has 1 heterocycles. The first-order valence-corrected chi connectivity index (χ1v) is 10.1. The van der Waals surface area contributed by atoms with Crippen LogP contribution in [-0.4, -0.2) is 51.0 Å². The van der Waals surface area contributed by atoms with Crippen LogP contribution < -0.4 is 5.32 Å². The van der Waals surface area contributed by atoms with Gasteiger partial charge in [-0.15, -0.1) is 0 Å². The Bertz CT molecular complexity index is 700. The van der Waals surface area contributed by atoms with E-state index in [9.17, 15) is 18.0 Å². The number of benzene rings is 1. The Morgan fingerprint density at radius 3 is 2.71 bits per heavy atom. The van der Waals surface area contributed by atoms with Crippen LogP contribution in [0.2, 0.25) is 0 Å². The normalized spacial score (nSPS) is 15.9. The van der Waals surface area contributed by atoms with E-state index >= 15 is 0 Å². The first-order valence-electron chi connectivity index (χ1n) is 8.24. The highest BCUT2D eigenvalue weighted by atomic mass is 32.2. The quantitative estimate of drug-likeness (QED) is 0.789. The number of hydrogen-bond acceptors (Lipinski definition) is 4. The molecule has 1 aromatic rings. The second-order valence-corrected chi connectivity index (χ2v) is 8.05. The molecule has 1 aromatic carbocycles. The van der Waals surface area contributed by atoms with E-state index in [0.29, 0.717) is 25.9 Å². The highest BCUT2D eigenvalue weighted by molar-refractivity contribution is 7.90. The number of hydrogen-bond donors (Lipinski definition) is 1. The Hall–Kier alpha value is -1.89. The summed E-state index contributed by atoms with van der Waals surface area (Å²) in [5, 5.41) is 2.74. The van der Waals surface area contributed by atoms with E-state index < -0.39 is 15.7 Å². The van der Waals surface area contributed by atoms with Gasteiger partial charge in [0.25, 0.3) is 5.91 Å². The SMILES string of the molecule is CS(=O)(=O)c1ccccc1C(=O)NCCCN1CCCCCC1=O. The predicted molar refractivity (Wildman–Crippen MR) is 91.6 cm³/mol. The molecular formula is C17H24N2O4S. The van der Waals surface area contributed by atoms with Gasteiger partial charge in [-0.25, -0.2) is 8.42 Å². The standard InChI is InChI=1S/C17H24N2O4S/c1-24(22,23)15-9-5-4-8-14(15)17(21)18-11-7-13-19-12-6-2-3-10-16(19)20/h4-5,8-9H,2-3,6-7,10-13H2,1H3,(H,18,21). The zero-order chi connectivity index (χ0) is 17.6. The van der Waals surface area contributed by atoms with Gasteiger partial charge in [0.05, 0.1) is 10.5 Å². The Kier molecular flexibility index (Phi) is 6.36. The van der Waals surface area contributed by atoms with E-state index in [2.05, 4.69) is 5.32 Å². The van der Waals surface area contributed by atoms with Crippen molar-refractivity contribution in [3.63, 3.8) is 0 Å².